The molecule has 0 aliphatic carbocycles. The molecule has 1 atom stereocenters. The molecule has 1 saturated heterocycles. The average molecular weight is 269 g/mol. The number of carboxylic acids is 1. The van der Waals surface area contributed by atoms with Crippen molar-refractivity contribution in [3.63, 3.8) is 0 Å². The Morgan fingerprint density at radius 1 is 1.21 bits per heavy atom. The lowest BCUT2D eigenvalue weighted by atomic mass is 9.86. The van der Waals surface area contributed by atoms with Gasteiger partial charge in [0.15, 0.2) is 0 Å². The molecule has 1 aliphatic heterocycles. The molecule has 0 aromatic heterocycles. The SMILES string of the molecule is CCCC(CCC)C(=O)N1CCCCC1(C)C(=O)O. The number of carboxylic acid groups (broad SMARTS) is 1. The maximum Gasteiger partial charge on any atom is 0.329 e. The second-order valence-electron chi connectivity index (χ2n) is 5.80. The second-order valence-corrected chi connectivity index (χ2v) is 5.80. The van der Waals surface area contributed by atoms with Crippen molar-refractivity contribution in [2.24, 2.45) is 5.92 Å². The monoisotopic (exact) mass is 269 g/mol. The Morgan fingerprint density at radius 3 is 2.26 bits per heavy atom. The molecule has 0 bridgehead atoms. The van der Waals surface area contributed by atoms with E-state index >= 15 is 0 Å². The van der Waals surface area contributed by atoms with Crippen molar-refractivity contribution in [2.45, 2.75) is 71.3 Å². The van der Waals surface area contributed by atoms with Crippen LogP contribution < -0.4 is 0 Å². The summed E-state index contributed by atoms with van der Waals surface area (Å²) in [5, 5.41) is 9.46. The van der Waals surface area contributed by atoms with E-state index in [0.717, 1.165) is 38.5 Å². The minimum atomic E-state index is -1.00. The van der Waals surface area contributed by atoms with E-state index in [1.807, 2.05) is 0 Å². The standard InChI is InChI=1S/C15H27NO3/c1-4-8-12(9-5-2)13(17)16-11-7-6-10-15(16,3)14(18)19/h12H,4-11H2,1-3H3,(H,18,19). The Hall–Kier alpha value is -1.06. The van der Waals surface area contributed by atoms with Crippen LogP contribution in [0.25, 0.3) is 0 Å². The van der Waals surface area contributed by atoms with Gasteiger partial charge in [-0.3, -0.25) is 4.79 Å². The fourth-order valence-electron chi connectivity index (χ4n) is 3.01. The Balaban J connectivity index is 2.89. The molecule has 0 saturated carbocycles. The largest absolute Gasteiger partial charge is 0.480 e. The zero-order chi connectivity index (χ0) is 14.5. The molecular formula is C15H27NO3. The van der Waals surface area contributed by atoms with Crippen LogP contribution in [0.1, 0.15) is 65.7 Å². The molecule has 4 nitrogen and oxygen atoms in total. The zero-order valence-electron chi connectivity index (χ0n) is 12.4. The van der Waals surface area contributed by atoms with Gasteiger partial charge in [-0.25, -0.2) is 4.79 Å². The molecule has 0 aromatic rings. The van der Waals surface area contributed by atoms with E-state index in [2.05, 4.69) is 13.8 Å². The highest BCUT2D eigenvalue weighted by atomic mass is 16.4. The third-order valence-corrected chi connectivity index (χ3v) is 4.24. The van der Waals surface area contributed by atoms with Crippen molar-refractivity contribution in [3.05, 3.63) is 0 Å². The van der Waals surface area contributed by atoms with Gasteiger partial charge < -0.3 is 10.0 Å². The highest BCUT2D eigenvalue weighted by Gasteiger charge is 2.45. The van der Waals surface area contributed by atoms with E-state index in [-0.39, 0.29) is 11.8 Å². The molecule has 0 radical (unpaired) electrons. The van der Waals surface area contributed by atoms with Gasteiger partial charge in [-0.2, -0.15) is 0 Å². The van der Waals surface area contributed by atoms with Crippen molar-refractivity contribution < 1.29 is 14.7 Å². The van der Waals surface area contributed by atoms with E-state index in [1.54, 1.807) is 11.8 Å². The summed E-state index contributed by atoms with van der Waals surface area (Å²) in [5.41, 5.74) is -1.00. The van der Waals surface area contributed by atoms with Crippen LogP contribution >= 0.6 is 0 Å². The molecule has 110 valence electrons. The summed E-state index contributed by atoms with van der Waals surface area (Å²) in [6.45, 7) is 6.43. The summed E-state index contributed by atoms with van der Waals surface area (Å²) in [7, 11) is 0. The van der Waals surface area contributed by atoms with Crippen molar-refractivity contribution in [2.75, 3.05) is 6.54 Å². The number of carbonyl (C=O) groups excluding carboxylic acids is 1. The molecule has 1 aliphatic rings. The third kappa shape index (κ3) is 3.48. The first-order chi connectivity index (χ1) is 8.97. The first-order valence-electron chi connectivity index (χ1n) is 7.52. The molecule has 0 spiro atoms. The molecule has 1 fully saturated rings. The van der Waals surface area contributed by atoms with Crippen molar-refractivity contribution in [1.82, 2.24) is 4.90 Å². The van der Waals surface area contributed by atoms with Gasteiger partial charge in [0, 0.05) is 12.5 Å². The molecule has 4 heteroatoms. The lowest BCUT2D eigenvalue weighted by Gasteiger charge is -2.43. The average Bonchev–Trinajstić information content (AvgIpc) is 2.38. The Kier molecular flexibility index (Phi) is 5.83. The van der Waals surface area contributed by atoms with Gasteiger partial charge in [-0.15, -0.1) is 0 Å². The number of carbonyl (C=O) groups is 2. The van der Waals surface area contributed by atoms with Gasteiger partial charge in [0.05, 0.1) is 0 Å². The van der Waals surface area contributed by atoms with E-state index < -0.39 is 11.5 Å². The van der Waals surface area contributed by atoms with Gasteiger partial charge in [-0.1, -0.05) is 26.7 Å². The molecule has 1 rings (SSSR count). The van der Waals surface area contributed by atoms with Crippen molar-refractivity contribution >= 4 is 11.9 Å². The molecule has 1 amide bonds. The summed E-state index contributed by atoms with van der Waals surface area (Å²) in [4.78, 5) is 25.8. The minimum Gasteiger partial charge on any atom is -0.480 e. The normalized spacial score (nSPS) is 23.7. The van der Waals surface area contributed by atoms with Crippen LogP contribution in [0.4, 0.5) is 0 Å². The first-order valence-corrected chi connectivity index (χ1v) is 7.52. The number of hydrogen-bond donors (Lipinski definition) is 1. The second kappa shape index (κ2) is 6.92. The number of nitrogens with zero attached hydrogens (tertiary/aromatic N) is 1. The van der Waals surface area contributed by atoms with Crippen LogP contribution in [0.5, 0.6) is 0 Å². The summed E-state index contributed by atoms with van der Waals surface area (Å²) in [5.74, 6) is -0.827. The van der Waals surface area contributed by atoms with E-state index in [1.165, 1.54) is 0 Å². The molecule has 0 aromatic carbocycles. The lowest BCUT2D eigenvalue weighted by molar-refractivity contribution is -0.163. The van der Waals surface area contributed by atoms with Gasteiger partial charge in [-0.05, 0) is 39.0 Å². The highest BCUT2D eigenvalue weighted by molar-refractivity contribution is 5.88. The number of aliphatic carboxylic acids is 1. The first kappa shape index (κ1) is 16.0. The number of rotatable bonds is 6. The Bertz CT molecular complexity index is 323. The quantitative estimate of drug-likeness (QED) is 0.806. The van der Waals surface area contributed by atoms with Crippen molar-refractivity contribution in [3.8, 4) is 0 Å². The third-order valence-electron chi connectivity index (χ3n) is 4.24. The predicted molar refractivity (Wildman–Crippen MR) is 74.9 cm³/mol. The predicted octanol–water partition coefficient (Wildman–Crippen LogP) is 3.06. The van der Waals surface area contributed by atoms with Crippen LogP contribution in [0.3, 0.4) is 0 Å². The van der Waals surface area contributed by atoms with E-state index in [4.69, 9.17) is 0 Å². The fraction of sp³-hybridized carbons (Fsp3) is 0.867. The van der Waals surface area contributed by atoms with Crippen LogP contribution in [0, 0.1) is 5.92 Å². The molecule has 19 heavy (non-hydrogen) atoms. The van der Waals surface area contributed by atoms with Gasteiger partial charge in [0.2, 0.25) is 5.91 Å². The van der Waals surface area contributed by atoms with Gasteiger partial charge in [0.1, 0.15) is 5.54 Å². The molecule has 1 heterocycles. The summed E-state index contributed by atoms with van der Waals surface area (Å²) < 4.78 is 0. The van der Waals surface area contributed by atoms with Gasteiger partial charge >= 0.3 is 5.97 Å². The topological polar surface area (TPSA) is 57.6 Å². The molecule has 1 N–H and O–H groups in total. The highest BCUT2D eigenvalue weighted by Crippen LogP contribution is 2.31. The van der Waals surface area contributed by atoms with Crippen LogP contribution in [0.2, 0.25) is 0 Å². The van der Waals surface area contributed by atoms with E-state index in [9.17, 15) is 14.7 Å². The van der Waals surface area contributed by atoms with E-state index in [0.29, 0.717) is 13.0 Å². The van der Waals surface area contributed by atoms with Crippen LogP contribution in [-0.4, -0.2) is 34.0 Å². The lowest BCUT2D eigenvalue weighted by Crippen LogP contribution is -2.58. The van der Waals surface area contributed by atoms with Crippen LogP contribution in [-0.2, 0) is 9.59 Å². The van der Waals surface area contributed by atoms with Gasteiger partial charge in [0.25, 0.3) is 0 Å². The number of piperidine rings is 1. The maximum absolute atomic E-state index is 12.7. The Morgan fingerprint density at radius 2 is 1.79 bits per heavy atom. The summed E-state index contributed by atoms with van der Waals surface area (Å²) in [6, 6.07) is 0. The zero-order valence-corrected chi connectivity index (χ0v) is 12.4. The number of hydrogen-bond acceptors (Lipinski definition) is 2. The fourth-order valence-corrected chi connectivity index (χ4v) is 3.01. The number of amides is 1. The minimum absolute atomic E-state index is 0.00762. The van der Waals surface area contributed by atoms with Crippen molar-refractivity contribution in [1.29, 1.82) is 0 Å². The van der Waals surface area contributed by atoms with Crippen LogP contribution in [0.15, 0.2) is 0 Å². The molecule has 1 unspecified atom stereocenters. The maximum atomic E-state index is 12.7. The smallest absolute Gasteiger partial charge is 0.329 e. The summed E-state index contributed by atoms with van der Waals surface area (Å²) >= 11 is 0. The number of likely N-dealkylation sites (tertiary alicyclic amines) is 1. The molecular weight excluding hydrogens is 242 g/mol. The summed E-state index contributed by atoms with van der Waals surface area (Å²) in [6.07, 6.45) is 6.03. The Labute approximate surface area is 116 Å².